The van der Waals surface area contributed by atoms with E-state index in [1.165, 1.54) is 19.9 Å². The summed E-state index contributed by atoms with van der Waals surface area (Å²) in [6.07, 6.45) is 0. The predicted molar refractivity (Wildman–Crippen MR) is 178 cm³/mol. The van der Waals surface area contributed by atoms with Crippen LogP contribution in [0.4, 0.5) is 0 Å². The van der Waals surface area contributed by atoms with Crippen molar-refractivity contribution in [3.05, 3.63) is 131 Å². The van der Waals surface area contributed by atoms with Gasteiger partial charge in [-0.3, -0.25) is 0 Å². The van der Waals surface area contributed by atoms with E-state index in [4.69, 9.17) is 18.9 Å². The molecule has 0 radical (unpaired) electrons. The molecule has 0 spiro atoms. The quantitative estimate of drug-likeness (QED) is 0.117. The Bertz CT molecular complexity index is 1950. The number of rotatable bonds is 8. The average molecular weight is 629 g/mol. The molecule has 0 amide bonds. The van der Waals surface area contributed by atoms with Gasteiger partial charge in [-0.15, -0.1) is 0 Å². The van der Waals surface area contributed by atoms with Crippen LogP contribution in [0.25, 0.3) is 0 Å². The van der Waals surface area contributed by atoms with Gasteiger partial charge in [0.2, 0.25) is 0 Å². The molecule has 0 atom stereocenters. The summed E-state index contributed by atoms with van der Waals surface area (Å²) in [6, 6.07) is 14.4. The Balaban J connectivity index is 2.13. The number of carbonyl (C=O) groups is 4. The topological polar surface area (TPSA) is 105 Å². The fourth-order valence-electron chi connectivity index (χ4n) is 3.43. The lowest BCUT2D eigenvalue weighted by Gasteiger charge is -2.15. The van der Waals surface area contributed by atoms with E-state index in [1.807, 2.05) is 0 Å². The highest BCUT2D eigenvalue weighted by atomic mass is 16.6. The summed E-state index contributed by atoms with van der Waals surface area (Å²) in [5.41, 5.74) is 2.83. The van der Waals surface area contributed by atoms with Gasteiger partial charge in [-0.2, -0.15) is 0 Å². The smallest absolute Gasteiger partial charge is 0.338 e. The third kappa shape index (κ3) is 9.81. The molecule has 47 heavy (non-hydrogen) atoms. The van der Waals surface area contributed by atoms with Gasteiger partial charge >= 0.3 is 23.9 Å². The summed E-state index contributed by atoms with van der Waals surface area (Å²) in [5.74, 6) is 10.1. The first-order valence-electron chi connectivity index (χ1n) is 14.1. The van der Waals surface area contributed by atoms with Crippen LogP contribution in [0.15, 0.2) is 103 Å². The molecule has 0 unspecified atom stereocenters. The molecule has 0 N–H and O–H groups in total. The van der Waals surface area contributed by atoms with E-state index in [2.05, 4.69) is 50.0 Å². The third-order valence-corrected chi connectivity index (χ3v) is 6.09. The minimum Gasteiger partial charge on any atom is -0.423 e. The lowest BCUT2D eigenvalue weighted by Crippen LogP contribution is -2.14. The van der Waals surface area contributed by atoms with Gasteiger partial charge in [0, 0.05) is 44.5 Å². The van der Waals surface area contributed by atoms with Crippen LogP contribution in [0.5, 0.6) is 23.0 Å². The normalized spacial score (nSPS) is 9.72. The third-order valence-electron chi connectivity index (χ3n) is 6.09. The maximum Gasteiger partial charge on any atom is 0.338 e. The molecule has 3 rings (SSSR count). The van der Waals surface area contributed by atoms with Crippen molar-refractivity contribution in [3.63, 3.8) is 0 Å². The van der Waals surface area contributed by atoms with Crippen molar-refractivity contribution in [1.82, 2.24) is 0 Å². The molecule has 0 aliphatic carbocycles. The van der Waals surface area contributed by atoms with E-state index in [-0.39, 0.29) is 39.4 Å². The average Bonchev–Trinajstić information content (AvgIpc) is 3.02. The summed E-state index contributed by atoms with van der Waals surface area (Å²) >= 11 is 0. The minimum absolute atomic E-state index is 0.0148. The van der Waals surface area contributed by atoms with Gasteiger partial charge in [-0.25, -0.2) is 19.2 Å². The van der Waals surface area contributed by atoms with E-state index in [0.717, 1.165) is 0 Å². The number of carbonyl (C=O) groups excluding carboxylic acids is 4. The SMILES string of the molecule is C=C(C)C(=O)Oc1ccc(C#Cc2cc(OC(=O)C(=C)C)c(C#Cc3ccc(OC(=O)C(=C)C)cc3)c(OC(=O)C(=C)C)c2C)cc1. The molecular weight excluding hydrogens is 596 g/mol. The molecule has 0 fully saturated rings. The summed E-state index contributed by atoms with van der Waals surface area (Å²) in [7, 11) is 0. The summed E-state index contributed by atoms with van der Waals surface area (Å²) < 4.78 is 21.8. The summed E-state index contributed by atoms with van der Waals surface area (Å²) in [5, 5.41) is 0. The molecule has 0 aliphatic heterocycles. The van der Waals surface area contributed by atoms with Crippen molar-refractivity contribution in [1.29, 1.82) is 0 Å². The molecule has 0 saturated heterocycles. The van der Waals surface area contributed by atoms with E-state index >= 15 is 0 Å². The van der Waals surface area contributed by atoms with Crippen molar-refractivity contribution in [2.45, 2.75) is 34.6 Å². The van der Waals surface area contributed by atoms with Gasteiger partial charge in [0.1, 0.15) is 17.1 Å². The Morgan fingerprint density at radius 3 is 1.34 bits per heavy atom. The predicted octanol–water partition coefficient (Wildman–Crippen LogP) is 6.72. The molecule has 3 aromatic carbocycles. The second kappa shape index (κ2) is 15.6. The van der Waals surface area contributed by atoms with Crippen molar-refractivity contribution in [3.8, 4) is 46.7 Å². The Kier molecular flexibility index (Phi) is 11.6. The minimum atomic E-state index is -0.725. The Morgan fingerprint density at radius 2 is 0.915 bits per heavy atom. The first-order valence-corrected chi connectivity index (χ1v) is 14.1. The van der Waals surface area contributed by atoms with Crippen LogP contribution in [-0.2, 0) is 19.2 Å². The van der Waals surface area contributed by atoms with E-state index in [0.29, 0.717) is 33.8 Å². The maximum absolute atomic E-state index is 12.7. The van der Waals surface area contributed by atoms with Crippen LogP contribution in [0.1, 0.15) is 55.5 Å². The van der Waals surface area contributed by atoms with Gasteiger partial charge in [-0.05, 0) is 89.2 Å². The lowest BCUT2D eigenvalue weighted by molar-refractivity contribution is -0.131. The number of benzene rings is 3. The van der Waals surface area contributed by atoms with E-state index in [1.54, 1.807) is 69.3 Å². The zero-order chi connectivity index (χ0) is 34.8. The number of hydrogen-bond donors (Lipinski definition) is 0. The highest BCUT2D eigenvalue weighted by Gasteiger charge is 2.22. The molecule has 8 nitrogen and oxygen atoms in total. The van der Waals surface area contributed by atoms with Crippen LogP contribution in [0.3, 0.4) is 0 Å². The summed E-state index contributed by atoms with van der Waals surface area (Å²) in [4.78, 5) is 49.0. The van der Waals surface area contributed by atoms with Gasteiger partial charge < -0.3 is 18.9 Å². The van der Waals surface area contributed by atoms with Gasteiger partial charge in [-0.1, -0.05) is 50.0 Å². The highest BCUT2D eigenvalue weighted by molar-refractivity contribution is 5.92. The highest BCUT2D eigenvalue weighted by Crippen LogP contribution is 2.35. The molecule has 8 heteroatoms. The standard InChI is InChI=1S/C39H32O8/c1-23(2)36(40)44-31-17-11-28(12-18-31)10-16-30-22-34(46-38(42)25(5)6)33(35(27(30)9)47-39(43)26(7)8)21-15-29-13-19-32(20-14-29)45-37(41)24(3)4/h11-14,17-20,22H,1,3,5,7H2,2,4,6,8-9H3. The molecule has 0 bridgehead atoms. The monoisotopic (exact) mass is 628 g/mol. The summed E-state index contributed by atoms with van der Waals surface area (Å²) in [6.45, 7) is 22.2. The van der Waals surface area contributed by atoms with E-state index in [9.17, 15) is 19.2 Å². The molecule has 0 aromatic heterocycles. The molecule has 0 heterocycles. The number of esters is 4. The van der Waals surface area contributed by atoms with Crippen LogP contribution >= 0.6 is 0 Å². The van der Waals surface area contributed by atoms with Crippen molar-refractivity contribution >= 4 is 23.9 Å². The fraction of sp³-hybridized carbons (Fsp3) is 0.128. The zero-order valence-electron chi connectivity index (χ0n) is 26.8. The zero-order valence-corrected chi connectivity index (χ0v) is 26.8. The number of hydrogen-bond acceptors (Lipinski definition) is 8. The molecule has 0 aliphatic rings. The van der Waals surface area contributed by atoms with Crippen LogP contribution in [0, 0.1) is 30.6 Å². The van der Waals surface area contributed by atoms with Gasteiger partial charge in [0.25, 0.3) is 0 Å². The second-order valence-corrected chi connectivity index (χ2v) is 10.5. The molecule has 236 valence electrons. The lowest BCUT2D eigenvalue weighted by atomic mass is 10.0. The van der Waals surface area contributed by atoms with Gasteiger partial charge in [0.05, 0.1) is 0 Å². The maximum atomic E-state index is 12.7. The van der Waals surface area contributed by atoms with Crippen molar-refractivity contribution < 1.29 is 38.1 Å². The molecule has 0 saturated carbocycles. The second-order valence-electron chi connectivity index (χ2n) is 10.5. The van der Waals surface area contributed by atoms with E-state index < -0.39 is 23.9 Å². The Hall–Kier alpha value is -6.38. The van der Waals surface area contributed by atoms with Crippen LogP contribution < -0.4 is 18.9 Å². The first-order chi connectivity index (χ1) is 22.2. The largest absolute Gasteiger partial charge is 0.423 e. The Morgan fingerprint density at radius 1 is 0.532 bits per heavy atom. The fourth-order valence-corrected chi connectivity index (χ4v) is 3.43. The van der Waals surface area contributed by atoms with Crippen LogP contribution in [0.2, 0.25) is 0 Å². The number of ether oxygens (including phenoxy) is 4. The van der Waals surface area contributed by atoms with Crippen molar-refractivity contribution in [2.75, 3.05) is 0 Å². The first kappa shape index (κ1) is 35.1. The van der Waals surface area contributed by atoms with Gasteiger partial charge in [0.15, 0.2) is 11.5 Å². The molecular formula is C39H32O8. The Labute approximate surface area is 274 Å². The van der Waals surface area contributed by atoms with Crippen molar-refractivity contribution in [2.24, 2.45) is 0 Å². The van der Waals surface area contributed by atoms with Crippen LogP contribution in [-0.4, -0.2) is 23.9 Å². The molecule has 3 aromatic rings.